The van der Waals surface area contributed by atoms with Crippen LogP contribution < -0.4 is 10.1 Å². The molecule has 0 aliphatic carbocycles. The number of alkyl halides is 3. The minimum absolute atomic E-state index is 0.0659. The second-order valence-electron chi connectivity index (χ2n) is 5.86. The van der Waals surface area contributed by atoms with Crippen LogP contribution in [0.5, 0.6) is 5.75 Å². The molecular formula is C14H15F3N2O5S. The van der Waals surface area contributed by atoms with Gasteiger partial charge in [0.15, 0.2) is 0 Å². The smallest absolute Gasteiger partial charge is 0.406 e. The van der Waals surface area contributed by atoms with Crippen LogP contribution in [0.15, 0.2) is 29.2 Å². The first-order valence-corrected chi connectivity index (χ1v) is 8.80. The number of amides is 1. The van der Waals surface area contributed by atoms with Gasteiger partial charge in [0.1, 0.15) is 18.0 Å². The Morgan fingerprint density at radius 3 is 2.48 bits per heavy atom. The number of sulfonamides is 1. The maximum atomic E-state index is 12.6. The fraction of sp³-hybridized carbons (Fsp3) is 0.500. The van der Waals surface area contributed by atoms with Crippen molar-refractivity contribution in [3.05, 3.63) is 24.3 Å². The molecular weight excluding hydrogens is 365 g/mol. The van der Waals surface area contributed by atoms with Crippen LogP contribution >= 0.6 is 0 Å². The van der Waals surface area contributed by atoms with E-state index in [1.165, 1.54) is 4.31 Å². The average molecular weight is 380 g/mol. The molecule has 1 aromatic rings. The number of morpholine rings is 1. The van der Waals surface area contributed by atoms with Gasteiger partial charge in [-0.15, -0.1) is 13.2 Å². The molecule has 1 unspecified atom stereocenters. The average Bonchev–Trinajstić information content (AvgIpc) is 2.94. The van der Waals surface area contributed by atoms with Crippen LogP contribution in [0.3, 0.4) is 0 Å². The summed E-state index contributed by atoms with van der Waals surface area (Å²) in [7, 11) is -3.88. The van der Waals surface area contributed by atoms with E-state index in [1.54, 1.807) is 0 Å². The molecule has 3 rings (SSSR count). The molecule has 2 heterocycles. The van der Waals surface area contributed by atoms with Gasteiger partial charge >= 0.3 is 6.36 Å². The highest BCUT2D eigenvalue weighted by atomic mass is 32.2. The van der Waals surface area contributed by atoms with Gasteiger partial charge in [-0.2, -0.15) is 4.31 Å². The van der Waals surface area contributed by atoms with Crippen molar-refractivity contribution in [3.63, 3.8) is 0 Å². The Morgan fingerprint density at radius 2 is 1.92 bits per heavy atom. The van der Waals surface area contributed by atoms with Gasteiger partial charge in [-0.05, 0) is 30.7 Å². The lowest BCUT2D eigenvalue weighted by Gasteiger charge is -2.33. The summed E-state index contributed by atoms with van der Waals surface area (Å²) in [6, 6.07) is 4.02. The molecule has 1 aromatic carbocycles. The molecule has 1 atom stereocenters. The van der Waals surface area contributed by atoms with E-state index in [1.807, 2.05) is 0 Å². The third-order valence-electron chi connectivity index (χ3n) is 4.09. The Labute approximate surface area is 141 Å². The van der Waals surface area contributed by atoms with Gasteiger partial charge in [0, 0.05) is 19.6 Å². The first-order valence-electron chi connectivity index (χ1n) is 7.36. The summed E-state index contributed by atoms with van der Waals surface area (Å²) in [6.45, 7) is 0.350. The van der Waals surface area contributed by atoms with Crippen molar-refractivity contribution in [2.45, 2.75) is 23.3 Å². The minimum atomic E-state index is -4.84. The molecule has 0 radical (unpaired) electrons. The van der Waals surface area contributed by atoms with Crippen LogP contribution in [0.1, 0.15) is 6.42 Å². The minimum Gasteiger partial charge on any atom is -0.406 e. The molecule has 2 aliphatic rings. The van der Waals surface area contributed by atoms with Crippen LogP contribution in [-0.4, -0.2) is 56.8 Å². The molecule has 7 nitrogen and oxygen atoms in total. The Balaban J connectivity index is 1.73. The standard InChI is InChI=1S/C14H15F3N2O5S/c15-14(16,17)24-10-1-3-11(4-2-10)25(21,22)19-6-5-13(9-19)8-18-12(20)7-23-13/h1-4H,5-9H2,(H,18,20). The first-order chi connectivity index (χ1) is 11.6. The Bertz CT molecular complexity index is 754. The van der Waals surface area contributed by atoms with Crippen LogP contribution in [0.25, 0.3) is 0 Å². The summed E-state index contributed by atoms with van der Waals surface area (Å²) in [5.74, 6) is -0.755. The topological polar surface area (TPSA) is 84.9 Å². The summed E-state index contributed by atoms with van der Waals surface area (Å²) < 4.78 is 72.2. The third-order valence-corrected chi connectivity index (χ3v) is 5.95. The molecule has 2 saturated heterocycles. The largest absolute Gasteiger partial charge is 0.573 e. The number of halogens is 3. The number of benzene rings is 1. The number of hydrogen-bond acceptors (Lipinski definition) is 5. The van der Waals surface area contributed by atoms with E-state index < -0.39 is 27.7 Å². The highest BCUT2D eigenvalue weighted by molar-refractivity contribution is 7.89. The summed E-state index contributed by atoms with van der Waals surface area (Å²) in [6.07, 6.45) is -4.42. The maximum absolute atomic E-state index is 12.6. The number of rotatable bonds is 3. The van der Waals surface area contributed by atoms with E-state index in [-0.39, 0.29) is 37.0 Å². The second kappa shape index (κ2) is 6.15. The Hall–Kier alpha value is -1.85. The lowest BCUT2D eigenvalue weighted by atomic mass is 10.0. The van der Waals surface area contributed by atoms with Gasteiger partial charge in [0.2, 0.25) is 15.9 Å². The fourth-order valence-corrected chi connectivity index (χ4v) is 4.33. The van der Waals surface area contributed by atoms with Crippen molar-refractivity contribution in [1.29, 1.82) is 0 Å². The molecule has 0 saturated carbocycles. The van der Waals surface area contributed by atoms with E-state index in [0.717, 1.165) is 24.3 Å². The number of nitrogens with one attached hydrogen (secondary N) is 1. The summed E-state index contributed by atoms with van der Waals surface area (Å²) in [5.41, 5.74) is -0.764. The molecule has 25 heavy (non-hydrogen) atoms. The zero-order chi connectivity index (χ0) is 18.3. The quantitative estimate of drug-likeness (QED) is 0.841. The highest BCUT2D eigenvalue weighted by Gasteiger charge is 2.46. The van der Waals surface area contributed by atoms with Gasteiger partial charge in [-0.1, -0.05) is 0 Å². The first kappa shape index (κ1) is 18.0. The molecule has 1 spiro atoms. The van der Waals surface area contributed by atoms with E-state index in [0.29, 0.717) is 6.42 Å². The lowest BCUT2D eigenvalue weighted by molar-refractivity contribution is -0.274. The van der Waals surface area contributed by atoms with E-state index in [9.17, 15) is 26.4 Å². The lowest BCUT2D eigenvalue weighted by Crippen LogP contribution is -2.54. The van der Waals surface area contributed by atoms with Gasteiger partial charge < -0.3 is 14.8 Å². The summed E-state index contributed by atoms with van der Waals surface area (Å²) in [4.78, 5) is 11.0. The predicted octanol–water partition coefficient (Wildman–Crippen LogP) is 0.865. The fourth-order valence-electron chi connectivity index (χ4n) is 2.82. The molecule has 11 heteroatoms. The maximum Gasteiger partial charge on any atom is 0.573 e. The van der Waals surface area contributed by atoms with Gasteiger partial charge in [-0.25, -0.2) is 8.42 Å². The molecule has 2 aliphatic heterocycles. The second-order valence-corrected chi connectivity index (χ2v) is 7.79. The van der Waals surface area contributed by atoms with Crippen molar-refractivity contribution in [2.24, 2.45) is 0 Å². The molecule has 0 aromatic heterocycles. The highest BCUT2D eigenvalue weighted by Crippen LogP contribution is 2.32. The van der Waals surface area contributed by atoms with E-state index >= 15 is 0 Å². The monoisotopic (exact) mass is 380 g/mol. The number of hydrogen-bond donors (Lipinski definition) is 1. The number of ether oxygens (including phenoxy) is 2. The molecule has 1 amide bonds. The van der Waals surface area contributed by atoms with Gasteiger partial charge in [-0.3, -0.25) is 4.79 Å². The molecule has 138 valence electrons. The van der Waals surface area contributed by atoms with Gasteiger partial charge in [0.05, 0.1) is 4.90 Å². The van der Waals surface area contributed by atoms with Crippen molar-refractivity contribution >= 4 is 15.9 Å². The molecule has 1 N–H and O–H groups in total. The van der Waals surface area contributed by atoms with Crippen LogP contribution in [-0.2, 0) is 19.6 Å². The SMILES string of the molecule is O=C1COC2(CCN(S(=O)(=O)c3ccc(OC(F)(F)F)cc3)C2)CN1. The van der Waals surface area contributed by atoms with Crippen LogP contribution in [0.4, 0.5) is 13.2 Å². The normalized spacial score (nSPS) is 25.2. The Morgan fingerprint density at radius 1 is 1.24 bits per heavy atom. The third kappa shape index (κ3) is 3.88. The zero-order valence-corrected chi connectivity index (χ0v) is 13.7. The van der Waals surface area contributed by atoms with E-state index in [4.69, 9.17) is 4.74 Å². The van der Waals surface area contributed by atoms with Crippen LogP contribution in [0, 0.1) is 0 Å². The van der Waals surface area contributed by atoms with Crippen LogP contribution in [0.2, 0.25) is 0 Å². The number of carbonyl (C=O) groups is 1. The van der Waals surface area contributed by atoms with Crippen molar-refractivity contribution in [2.75, 3.05) is 26.2 Å². The molecule has 0 bridgehead atoms. The molecule has 2 fully saturated rings. The van der Waals surface area contributed by atoms with Crippen molar-refractivity contribution in [3.8, 4) is 5.75 Å². The van der Waals surface area contributed by atoms with E-state index in [2.05, 4.69) is 10.1 Å². The summed E-state index contributed by atoms with van der Waals surface area (Å²) in [5, 5.41) is 2.65. The number of carbonyl (C=O) groups excluding carboxylic acids is 1. The van der Waals surface area contributed by atoms with Crippen molar-refractivity contribution in [1.82, 2.24) is 9.62 Å². The Kier molecular flexibility index (Phi) is 4.41. The van der Waals surface area contributed by atoms with Crippen molar-refractivity contribution < 1.29 is 35.9 Å². The summed E-state index contributed by atoms with van der Waals surface area (Å²) >= 11 is 0. The number of nitrogens with zero attached hydrogens (tertiary/aromatic N) is 1. The predicted molar refractivity (Wildman–Crippen MR) is 78.2 cm³/mol. The zero-order valence-electron chi connectivity index (χ0n) is 12.9. The van der Waals surface area contributed by atoms with Gasteiger partial charge in [0.25, 0.3) is 0 Å².